The van der Waals surface area contributed by atoms with Gasteiger partial charge in [-0.15, -0.1) is 0 Å². The number of aliphatic carboxylic acids is 1. The maximum absolute atomic E-state index is 11.4. The number of carboxylic acid groups (broad SMARTS) is 1. The van der Waals surface area contributed by atoms with Gasteiger partial charge in [-0.05, 0) is 13.3 Å². The molecule has 8 nitrogen and oxygen atoms in total. The lowest BCUT2D eigenvalue weighted by molar-refractivity contribution is -0.141. The van der Waals surface area contributed by atoms with Crippen molar-refractivity contribution in [3.63, 3.8) is 0 Å². The van der Waals surface area contributed by atoms with Gasteiger partial charge in [0, 0.05) is 19.5 Å². The molecule has 0 saturated heterocycles. The van der Waals surface area contributed by atoms with Crippen molar-refractivity contribution in [1.29, 1.82) is 0 Å². The summed E-state index contributed by atoms with van der Waals surface area (Å²) in [5, 5.41) is 17.5. The monoisotopic (exact) mass is 270 g/mol. The molecular weight excluding hydrogens is 252 g/mol. The number of urea groups is 1. The van der Waals surface area contributed by atoms with Crippen LogP contribution in [-0.2, 0) is 11.2 Å². The third-order valence-corrected chi connectivity index (χ3v) is 2.48. The second-order valence-electron chi connectivity index (χ2n) is 4.20. The van der Waals surface area contributed by atoms with Crippen LogP contribution in [0.3, 0.4) is 0 Å². The van der Waals surface area contributed by atoms with E-state index in [4.69, 9.17) is 9.63 Å². The molecule has 0 aliphatic carbocycles. The minimum Gasteiger partial charge on any atom is -0.481 e. The number of rotatable bonds is 7. The fraction of sp³-hybridized carbons (Fsp3) is 0.636. The number of nitrogens with one attached hydrogen (secondary N) is 2. The van der Waals surface area contributed by atoms with Gasteiger partial charge in [0.25, 0.3) is 0 Å². The Hall–Kier alpha value is -2.12. The van der Waals surface area contributed by atoms with Gasteiger partial charge in [-0.3, -0.25) is 4.79 Å². The average Bonchev–Trinajstić information content (AvgIpc) is 2.74. The third-order valence-electron chi connectivity index (χ3n) is 2.48. The largest absolute Gasteiger partial charge is 0.481 e. The normalized spacial score (nSPS) is 11.9. The molecule has 1 atom stereocenters. The second kappa shape index (κ2) is 7.34. The van der Waals surface area contributed by atoms with Gasteiger partial charge in [-0.1, -0.05) is 12.1 Å². The van der Waals surface area contributed by atoms with Crippen LogP contribution in [0.4, 0.5) is 4.79 Å². The summed E-state index contributed by atoms with van der Waals surface area (Å²) in [5.74, 6) is -0.310. The van der Waals surface area contributed by atoms with Crippen LogP contribution >= 0.6 is 0 Å². The second-order valence-corrected chi connectivity index (χ2v) is 4.20. The van der Waals surface area contributed by atoms with Crippen molar-refractivity contribution in [1.82, 2.24) is 20.8 Å². The molecule has 0 aromatic carbocycles. The molecule has 1 heterocycles. The minimum atomic E-state index is -0.867. The first kappa shape index (κ1) is 14.9. The van der Waals surface area contributed by atoms with Gasteiger partial charge in [0.2, 0.25) is 5.89 Å². The Morgan fingerprint density at radius 2 is 2.05 bits per heavy atom. The average molecular weight is 270 g/mol. The van der Waals surface area contributed by atoms with Crippen molar-refractivity contribution < 1.29 is 19.2 Å². The summed E-state index contributed by atoms with van der Waals surface area (Å²) in [6.45, 7) is 4.01. The van der Waals surface area contributed by atoms with E-state index in [0.29, 0.717) is 37.6 Å². The SMILES string of the molecule is Cc1noc(CCNC(=O)NCCC(C)C(=O)O)n1. The number of hydrogen-bond donors (Lipinski definition) is 3. The van der Waals surface area contributed by atoms with Gasteiger partial charge in [0.15, 0.2) is 5.82 Å². The first-order valence-electron chi connectivity index (χ1n) is 6.02. The molecule has 1 unspecified atom stereocenters. The fourth-order valence-corrected chi connectivity index (χ4v) is 1.31. The molecule has 0 saturated carbocycles. The molecule has 8 heteroatoms. The van der Waals surface area contributed by atoms with Gasteiger partial charge in [0.05, 0.1) is 5.92 Å². The van der Waals surface area contributed by atoms with Crippen molar-refractivity contribution in [2.75, 3.05) is 13.1 Å². The summed E-state index contributed by atoms with van der Waals surface area (Å²) < 4.78 is 4.89. The van der Waals surface area contributed by atoms with Crippen LogP contribution in [0.2, 0.25) is 0 Å². The Kier molecular flexibility index (Phi) is 5.77. The van der Waals surface area contributed by atoms with Crippen LogP contribution in [0.5, 0.6) is 0 Å². The Morgan fingerprint density at radius 1 is 1.37 bits per heavy atom. The molecule has 3 N–H and O–H groups in total. The lowest BCUT2D eigenvalue weighted by Crippen LogP contribution is -2.37. The molecule has 0 fully saturated rings. The minimum absolute atomic E-state index is 0.318. The smallest absolute Gasteiger partial charge is 0.314 e. The number of nitrogens with zero attached hydrogens (tertiary/aromatic N) is 2. The van der Waals surface area contributed by atoms with Gasteiger partial charge >= 0.3 is 12.0 Å². The van der Waals surface area contributed by atoms with Crippen LogP contribution < -0.4 is 10.6 Å². The van der Waals surface area contributed by atoms with Gasteiger partial charge in [0.1, 0.15) is 0 Å². The van der Waals surface area contributed by atoms with Crippen molar-refractivity contribution >= 4 is 12.0 Å². The van der Waals surface area contributed by atoms with Crippen LogP contribution in [-0.4, -0.2) is 40.3 Å². The zero-order chi connectivity index (χ0) is 14.3. The quantitative estimate of drug-likeness (QED) is 0.657. The summed E-state index contributed by atoms with van der Waals surface area (Å²) in [5.41, 5.74) is 0. The molecule has 1 aromatic heterocycles. The van der Waals surface area contributed by atoms with E-state index in [2.05, 4.69) is 20.8 Å². The first-order chi connectivity index (χ1) is 8.99. The van der Waals surface area contributed by atoms with Crippen LogP contribution in [0.1, 0.15) is 25.1 Å². The van der Waals surface area contributed by atoms with Crippen LogP contribution in [0.25, 0.3) is 0 Å². The molecule has 1 rings (SSSR count). The van der Waals surface area contributed by atoms with Crippen molar-refractivity contribution in [3.8, 4) is 0 Å². The Labute approximate surface area is 110 Å². The van der Waals surface area contributed by atoms with Gasteiger partial charge < -0.3 is 20.3 Å². The Bertz CT molecular complexity index is 432. The summed E-state index contributed by atoms with van der Waals surface area (Å²) in [7, 11) is 0. The van der Waals surface area contributed by atoms with E-state index in [1.54, 1.807) is 13.8 Å². The van der Waals surface area contributed by atoms with E-state index in [-0.39, 0.29) is 6.03 Å². The number of aryl methyl sites for hydroxylation is 1. The van der Waals surface area contributed by atoms with Crippen molar-refractivity contribution in [3.05, 3.63) is 11.7 Å². The third kappa shape index (κ3) is 5.84. The van der Waals surface area contributed by atoms with E-state index in [9.17, 15) is 9.59 Å². The maximum atomic E-state index is 11.4. The lowest BCUT2D eigenvalue weighted by Gasteiger charge is -2.08. The Morgan fingerprint density at radius 3 is 2.63 bits per heavy atom. The highest BCUT2D eigenvalue weighted by Crippen LogP contribution is 1.99. The molecule has 106 valence electrons. The van der Waals surface area contributed by atoms with E-state index < -0.39 is 11.9 Å². The number of amides is 2. The molecule has 1 aromatic rings. The van der Waals surface area contributed by atoms with Crippen LogP contribution in [0, 0.1) is 12.8 Å². The zero-order valence-electron chi connectivity index (χ0n) is 11.0. The number of carboxylic acids is 1. The molecule has 19 heavy (non-hydrogen) atoms. The number of carbonyl (C=O) groups excluding carboxylic acids is 1. The van der Waals surface area contributed by atoms with E-state index >= 15 is 0 Å². The summed E-state index contributed by atoms with van der Waals surface area (Å²) >= 11 is 0. The standard InChI is InChI=1S/C11H18N4O4/c1-7(10(16)17)3-5-12-11(18)13-6-4-9-14-8(2)15-19-9/h7H,3-6H2,1-2H3,(H,16,17)(H2,12,13,18). The summed E-state index contributed by atoms with van der Waals surface area (Å²) in [6, 6.07) is -0.339. The lowest BCUT2D eigenvalue weighted by atomic mass is 10.1. The van der Waals surface area contributed by atoms with Gasteiger partial charge in [-0.2, -0.15) is 4.98 Å². The summed E-state index contributed by atoms with van der Waals surface area (Å²) in [6.07, 6.45) is 0.853. The predicted molar refractivity (Wildman–Crippen MR) is 65.6 cm³/mol. The highest BCUT2D eigenvalue weighted by atomic mass is 16.5. The van der Waals surface area contributed by atoms with Crippen LogP contribution in [0.15, 0.2) is 4.52 Å². The predicted octanol–water partition coefficient (Wildman–Crippen LogP) is 0.331. The topological polar surface area (TPSA) is 117 Å². The number of hydrogen-bond acceptors (Lipinski definition) is 5. The molecule has 0 aliphatic rings. The highest BCUT2D eigenvalue weighted by Gasteiger charge is 2.10. The number of aromatic nitrogens is 2. The van der Waals surface area contributed by atoms with E-state index in [1.165, 1.54) is 0 Å². The maximum Gasteiger partial charge on any atom is 0.314 e. The molecule has 0 spiro atoms. The highest BCUT2D eigenvalue weighted by molar-refractivity contribution is 5.74. The molecule has 2 amide bonds. The van der Waals surface area contributed by atoms with Crippen molar-refractivity contribution in [2.45, 2.75) is 26.7 Å². The zero-order valence-corrected chi connectivity index (χ0v) is 11.0. The molecule has 0 radical (unpaired) electrons. The molecule has 0 aliphatic heterocycles. The van der Waals surface area contributed by atoms with E-state index in [0.717, 1.165) is 0 Å². The molecular formula is C11H18N4O4. The van der Waals surface area contributed by atoms with E-state index in [1.807, 2.05) is 0 Å². The Balaban J connectivity index is 2.10. The fourth-order valence-electron chi connectivity index (χ4n) is 1.31. The number of carbonyl (C=O) groups is 2. The van der Waals surface area contributed by atoms with Gasteiger partial charge in [-0.25, -0.2) is 4.79 Å². The van der Waals surface area contributed by atoms with Crippen molar-refractivity contribution in [2.24, 2.45) is 5.92 Å². The first-order valence-corrected chi connectivity index (χ1v) is 6.02. The summed E-state index contributed by atoms with van der Waals surface area (Å²) in [4.78, 5) is 25.9. The molecule has 0 bridgehead atoms.